The van der Waals surface area contributed by atoms with E-state index in [0.717, 1.165) is 5.56 Å². The maximum absolute atomic E-state index is 12.4. The van der Waals surface area contributed by atoms with E-state index in [4.69, 9.17) is 60.7 Å². The quantitative estimate of drug-likeness (QED) is 0.195. The Kier molecular flexibility index (Phi) is 8.17. The molecule has 0 radical (unpaired) electrons. The van der Waals surface area contributed by atoms with Crippen LogP contribution in [-0.4, -0.2) is 36.7 Å². The third-order valence-corrected chi connectivity index (χ3v) is 6.28. The van der Waals surface area contributed by atoms with Gasteiger partial charge >= 0.3 is 0 Å². The largest absolute Gasteiger partial charge is 0.457 e. The van der Waals surface area contributed by atoms with Crippen molar-refractivity contribution in [1.82, 2.24) is 5.32 Å². The van der Waals surface area contributed by atoms with E-state index in [1.165, 1.54) is 14.2 Å². The Labute approximate surface area is 206 Å². The van der Waals surface area contributed by atoms with Crippen LogP contribution in [0.25, 0.3) is 0 Å². The first-order valence-corrected chi connectivity index (χ1v) is 11.3. The van der Waals surface area contributed by atoms with Crippen LogP contribution in [-0.2, 0) is 14.4 Å². The zero-order valence-electron chi connectivity index (χ0n) is 17.6. The summed E-state index contributed by atoms with van der Waals surface area (Å²) in [5.74, 6) is -0.227. The maximum atomic E-state index is 12.4. The number of benzene rings is 2. The van der Waals surface area contributed by atoms with Gasteiger partial charge < -0.3 is 19.6 Å². The Balaban J connectivity index is 1.99. The molecule has 10 heteroatoms. The van der Waals surface area contributed by atoms with Gasteiger partial charge in [0.25, 0.3) is 5.91 Å². The first-order chi connectivity index (χ1) is 15.2. The van der Waals surface area contributed by atoms with Gasteiger partial charge in [0.15, 0.2) is 11.5 Å². The summed E-state index contributed by atoms with van der Waals surface area (Å²) < 4.78 is 11.1. The summed E-state index contributed by atoms with van der Waals surface area (Å²) in [5, 5.41) is 7.02. The van der Waals surface area contributed by atoms with Crippen LogP contribution in [0.5, 0.6) is 5.75 Å². The average Bonchev–Trinajstić information content (AvgIpc) is 3.41. The second kappa shape index (κ2) is 10.5. The van der Waals surface area contributed by atoms with Crippen molar-refractivity contribution in [2.24, 2.45) is 5.16 Å². The zero-order chi connectivity index (χ0) is 23.5. The van der Waals surface area contributed by atoms with E-state index in [-0.39, 0.29) is 17.4 Å². The van der Waals surface area contributed by atoms with Gasteiger partial charge in [0.05, 0.1) is 10.0 Å². The molecule has 0 bridgehead atoms. The van der Waals surface area contributed by atoms with E-state index in [2.05, 4.69) is 10.5 Å². The van der Waals surface area contributed by atoms with Crippen LogP contribution in [0.1, 0.15) is 42.2 Å². The summed E-state index contributed by atoms with van der Waals surface area (Å²) in [6, 6.07) is 10.5. The number of halogens is 4. The van der Waals surface area contributed by atoms with Crippen molar-refractivity contribution in [3.05, 3.63) is 63.1 Å². The molecule has 1 aliphatic rings. The van der Waals surface area contributed by atoms with Gasteiger partial charge in [-0.3, -0.25) is 4.79 Å². The van der Waals surface area contributed by atoms with Crippen molar-refractivity contribution in [2.45, 2.75) is 29.9 Å². The Morgan fingerprint density at radius 1 is 1.25 bits per heavy atom. The molecule has 2 aromatic carbocycles. The van der Waals surface area contributed by atoms with Crippen LogP contribution in [0.15, 0.2) is 41.6 Å². The molecule has 3 rings (SSSR count). The van der Waals surface area contributed by atoms with Crippen molar-refractivity contribution < 1.29 is 19.1 Å². The fourth-order valence-corrected chi connectivity index (χ4v) is 4.41. The molecule has 0 aromatic heterocycles. The van der Waals surface area contributed by atoms with Crippen molar-refractivity contribution >= 4 is 58.0 Å². The number of likely N-dealkylation sites (N-methyl/N-ethyl adjacent to an activating group) is 1. The molecule has 1 N–H and O–H groups in total. The van der Waals surface area contributed by atoms with Crippen LogP contribution < -0.4 is 10.1 Å². The maximum Gasteiger partial charge on any atom is 0.273 e. The summed E-state index contributed by atoms with van der Waals surface area (Å²) in [7, 11) is 2.86. The van der Waals surface area contributed by atoms with Gasteiger partial charge in [0.1, 0.15) is 11.4 Å². The lowest BCUT2D eigenvalue weighted by molar-refractivity contribution is -0.114. The van der Waals surface area contributed by atoms with E-state index in [0.29, 0.717) is 34.2 Å². The lowest BCUT2D eigenvalue weighted by atomic mass is 10.0. The Morgan fingerprint density at radius 2 is 1.88 bits per heavy atom. The molecule has 1 aliphatic carbocycles. The molecular weight excluding hydrogens is 498 g/mol. The van der Waals surface area contributed by atoms with Gasteiger partial charge in [-0.05, 0) is 31.0 Å². The smallest absolute Gasteiger partial charge is 0.273 e. The molecule has 1 fully saturated rings. The third-order valence-electron chi connectivity index (χ3n) is 4.89. The number of amides is 1. The van der Waals surface area contributed by atoms with E-state index in [1.54, 1.807) is 36.4 Å². The lowest BCUT2D eigenvalue weighted by Gasteiger charge is -2.23. The molecule has 6 nitrogen and oxygen atoms in total. The van der Waals surface area contributed by atoms with Crippen molar-refractivity contribution in [3.8, 4) is 5.75 Å². The lowest BCUT2D eigenvalue weighted by Crippen LogP contribution is -2.30. The van der Waals surface area contributed by atoms with Crippen molar-refractivity contribution in [2.75, 3.05) is 20.8 Å². The van der Waals surface area contributed by atoms with Gasteiger partial charge in [-0.2, -0.15) is 0 Å². The van der Waals surface area contributed by atoms with Gasteiger partial charge in [-0.1, -0.05) is 52.6 Å². The van der Waals surface area contributed by atoms with Crippen LogP contribution in [0.4, 0.5) is 0 Å². The van der Waals surface area contributed by atoms with E-state index in [1.807, 2.05) is 6.92 Å². The Bertz CT molecular complexity index is 1010. The fraction of sp³-hybridized carbons (Fsp3) is 0.364. The molecule has 2 unspecified atom stereocenters. The number of alkyl halides is 2. The molecule has 2 atom stereocenters. The number of nitrogens with one attached hydrogen (secondary N) is 1. The molecule has 0 aliphatic heterocycles. The van der Waals surface area contributed by atoms with Crippen molar-refractivity contribution in [1.29, 1.82) is 0 Å². The minimum atomic E-state index is -0.926. The summed E-state index contributed by atoms with van der Waals surface area (Å²) in [6.45, 7) is 2.15. The number of rotatable bonds is 9. The minimum Gasteiger partial charge on any atom is -0.457 e. The minimum absolute atomic E-state index is 0.0429. The number of carbonyl (C=O) groups is 1. The molecule has 1 amide bonds. The number of nitrogens with zero attached hydrogens (tertiary/aromatic N) is 1. The first kappa shape index (κ1) is 24.9. The van der Waals surface area contributed by atoms with Crippen LogP contribution in [0.2, 0.25) is 10.0 Å². The topological polar surface area (TPSA) is 69.1 Å². The molecular formula is C22H22Cl4N2O4. The van der Waals surface area contributed by atoms with Gasteiger partial charge in [-0.25, -0.2) is 0 Å². The second-order valence-corrected chi connectivity index (χ2v) is 9.38. The second-order valence-electron chi connectivity index (χ2n) is 7.03. The van der Waals surface area contributed by atoms with Gasteiger partial charge in [-0.15, -0.1) is 23.2 Å². The average molecular weight is 520 g/mol. The molecule has 0 heterocycles. The van der Waals surface area contributed by atoms with E-state index >= 15 is 0 Å². The fourth-order valence-electron chi connectivity index (χ4n) is 3.25. The summed E-state index contributed by atoms with van der Waals surface area (Å²) in [6.07, 6.45) is -0.302. The molecule has 0 saturated heterocycles. The molecule has 0 spiro atoms. The normalized spacial score (nSPS) is 18.1. The highest BCUT2D eigenvalue weighted by molar-refractivity contribution is 6.51. The standard InChI is InChI=1S/C22H22Cl4N2O4/c1-4-31-21(14-8-6-5-7-13(14)18(28-30-3)20(29)27-2)32-19-16(23)9-12(10-17(19)24)15-11-22(15,25)26/h5-10,15,21H,4,11H2,1-3H3,(H,27,29). The van der Waals surface area contributed by atoms with Gasteiger partial charge in [0.2, 0.25) is 6.29 Å². The summed E-state index contributed by atoms with van der Waals surface area (Å²) >= 11 is 25.3. The number of oxime groups is 1. The van der Waals surface area contributed by atoms with Crippen LogP contribution >= 0.6 is 46.4 Å². The first-order valence-electron chi connectivity index (χ1n) is 9.81. The highest BCUT2D eigenvalue weighted by atomic mass is 35.5. The molecule has 2 aromatic rings. The van der Waals surface area contributed by atoms with Crippen molar-refractivity contribution in [3.63, 3.8) is 0 Å². The van der Waals surface area contributed by atoms with E-state index in [9.17, 15) is 4.79 Å². The Hall–Kier alpha value is -1.70. The van der Waals surface area contributed by atoms with Crippen LogP contribution in [0.3, 0.4) is 0 Å². The monoisotopic (exact) mass is 518 g/mol. The molecule has 32 heavy (non-hydrogen) atoms. The summed E-state index contributed by atoms with van der Waals surface area (Å²) in [4.78, 5) is 17.3. The zero-order valence-corrected chi connectivity index (χ0v) is 20.6. The highest BCUT2D eigenvalue weighted by Gasteiger charge is 2.52. The summed E-state index contributed by atoms with van der Waals surface area (Å²) in [5.41, 5.74) is 1.93. The molecule has 172 valence electrons. The third kappa shape index (κ3) is 5.43. The number of hydrogen-bond acceptors (Lipinski definition) is 5. The van der Waals surface area contributed by atoms with Crippen LogP contribution in [0, 0.1) is 0 Å². The number of ether oxygens (including phenoxy) is 2. The predicted molar refractivity (Wildman–Crippen MR) is 127 cm³/mol. The Morgan fingerprint density at radius 3 is 2.41 bits per heavy atom. The molecule has 1 saturated carbocycles. The number of carbonyl (C=O) groups excluding carboxylic acids is 1. The SMILES string of the molecule is CCOC(Oc1c(Cl)cc(C2CC2(Cl)Cl)cc1Cl)c1ccccc1C(=NOC)C(=O)NC. The van der Waals surface area contributed by atoms with E-state index < -0.39 is 16.5 Å². The number of hydrogen-bond donors (Lipinski definition) is 1. The highest BCUT2D eigenvalue weighted by Crippen LogP contribution is 2.60. The van der Waals surface area contributed by atoms with Gasteiger partial charge in [0, 0.05) is 30.7 Å². The predicted octanol–water partition coefficient (Wildman–Crippen LogP) is 5.87.